The Morgan fingerprint density at radius 1 is 0.341 bits per heavy atom. The van der Waals surface area contributed by atoms with E-state index >= 15 is 0 Å². The van der Waals surface area contributed by atoms with Crippen LogP contribution in [0.1, 0.15) is 0 Å². The number of rotatable bonds is 3. The van der Waals surface area contributed by atoms with Crippen LogP contribution < -0.4 is 0 Å². The minimum atomic E-state index is 0.543. The Hall–Kier alpha value is -6.21. The monoisotopic (exact) mass is 563 g/mol. The van der Waals surface area contributed by atoms with E-state index in [2.05, 4.69) is 130 Å². The average Bonchev–Trinajstić information content (AvgIpc) is 3.09. The Bertz CT molecular complexity index is 2440. The van der Waals surface area contributed by atoms with Gasteiger partial charge in [-0.05, 0) is 96.0 Å². The highest BCUT2D eigenvalue weighted by molar-refractivity contribution is 6.06. The molecule has 0 amide bonds. The zero-order chi connectivity index (χ0) is 29.0. The number of fused-ring (bicyclic) bond motifs is 5. The fraction of sp³-hybridized carbons (Fsp3) is 0. The van der Waals surface area contributed by atoms with Crippen LogP contribution in [0.5, 0.6) is 0 Å². The summed E-state index contributed by atoms with van der Waals surface area (Å²) in [6.45, 7) is 0. The third-order valence-corrected chi connectivity index (χ3v) is 8.19. The third-order valence-electron chi connectivity index (χ3n) is 8.19. The maximum atomic E-state index is 5.15. The molecule has 2 aromatic heterocycles. The molecule has 0 unspecified atom stereocenters. The maximum absolute atomic E-state index is 5.15. The van der Waals surface area contributed by atoms with E-state index in [0.29, 0.717) is 28.5 Å². The van der Waals surface area contributed by atoms with Crippen LogP contribution in [0.4, 0.5) is 0 Å². The van der Waals surface area contributed by atoms with E-state index in [4.69, 9.17) is 15.0 Å². The van der Waals surface area contributed by atoms with Crippen molar-refractivity contribution in [3.63, 3.8) is 0 Å². The second-order valence-corrected chi connectivity index (χ2v) is 10.8. The van der Waals surface area contributed by atoms with Crippen LogP contribution in [0.2, 0.25) is 0 Å². The van der Waals surface area contributed by atoms with Gasteiger partial charge in [0.1, 0.15) is 11.0 Å². The topological polar surface area (TPSA) is 90.2 Å². The highest BCUT2D eigenvalue weighted by atomic mass is 15.4. The average molecular weight is 564 g/mol. The van der Waals surface area contributed by atoms with Crippen molar-refractivity contribution < 1.29 is 0 Å². The molecule has 9 aromatic rings. The molecule has 0 spiro atoms. The SMILES string of the molecule is c1ccc2cc3c(-c4nc(-c5ccc6nnnnc6c5)nc(-c5cccc6cc7ccccc7cc56)n4)cccc3cc2c1. The largest absolute Gasteiger partial charge is 0.208 e. The van der Waals surface area contributed by atoms with Gasteiger partial charge < -0.3 is 0 Å². The highest BCUT2D eigenvalue weighted by Crippen LogP contribution is 2.35. The second-order valence-electron chi connectivity index (χ2n) is 10.8. The van der Waals surface area contributed by atoms with Gasteiger partial charge in [-0.3, -0.25) is 0 Å². The Labute approximate surface area is 250 Å². The first-order valence-corrected chi connectivity index (χ1v) is 14.3. The van der Waals surface area contributed by atoms with Crippen LogP contribution in [0.15, 0.2) is 127 Å². The zero-order valence-electron chi connectivity index (χ0n) is 23.3. The molecule has 0 radical (unpaired) electrons. The predicted molar refractivity (Wildman–Crippen MR) is 175 cm³/mol. The molecule has 44 heavy (non-hydrogen) atoms. The van der Waals surface area contributed by atoms with Crippen LogP contribution in [0.25, 0.3) is 88.3 Å². The Kier molecular flexibility index (Phi) is 5.36. The molecule has 7 aromatic carbocycles. The Morgan fingerprint density at radius 3 is 1.39 bits per heavy atom. The summed E-state index contributed by atoms with van der Waals surface area (Å²) in [6, 6.07) is 43.9. The van der Waals surface area contributed by atoms with E-state index in [1.54, 1.807) is 0 Å². The van der Waals surface area contributed by atoms with Crippen LogP contribution in [0.3, 0.4) is 0 Å². The van der Waals surface area contributed by atoms with Crippen molar-refractivity contribution in [2.24, 2.45) is 0 Å². The molecule has 204 valence electrons. The molecule has 9 rings (SSSR count). The van der Waals surface area contributed by atoms with Crippen molar-refractivity contribution >= 4 is 54.1 Å². The lowest BCUT2D eigenvalue weighted by molar-refractivity contribution is 0.797. The van der Waals surface area contributed by atoms with Crippen molar-refractivity contribution in [3.8, 4) is 34.2 Å². The molecule has 7 heteroatoms. The molecule has 0 aliphatic carbocycles. The summed E-state index contributed by atoms with van der Waals surface area (Å²) in [5.74, 6) is 1.74. The minimum Gasteiger partial charge on any atom is -0.208 e. The van der Waals surface area contributed by atoms with E-state index in [0.717, 1.165) is 49.0 Å². The van der Waals surface area contributed by atoms with E-state index in [-0.39, 0.29) is 0 Å². The van der Waals surface area contributed by atoms with Crippen LogP contribution in [0, 0.1) is 0 Å². The number of nitrogens with zero attached hydrogens (tertiary/aromatic N) is 7. The summed E-state index contributed by atoms with van der Waals surface area (Å²) in [4.78, 5) is 15.3. The highest BCUT2D eigenvalue weighted by Gasteiger charge is 2.17. The van der Waals surface area contributed by atoms with Gasteiger partial charge in [-0.25, -0.2) is 15.0 Å². The normalized spacial score (nSPS) is 11.6. The number of hydrogen-bond donors (Lipinski definition) is 0. The van der Waals surface area contributed by atoms with Gasteiger partial charge in [-0.2, -0.15) is 0 Å². The zero-order valence-corrected chi connectivity index (χ0v) is 23.3. The molecule has 0 aliphatic heterocycles. The number of benzene rings is 7. The molecule has 0 bridgehead atoms. The fourth-order valence-corrected chi connectivity index (χ4v) is 6.03. The fourth-order valence-electron chi connectivity index (χ4n) is 6.03. The van der Waals surface area contributed by atoms with Gasteiger partial charge in [-0.15, -0.1) is 10.2 Å². The van der Waals surface area contributed by atoms with Gasteiger partial charge >= 0.3 is 0 Å². The molecule has 0 atom stereocenters. The summed E-state index contributed by atoms with van der Waals surface area (Å²) in [7, 11) is 0. The van der Waals surface area contributed by atoms with E-state index in [9.17, 15) is 0 Å². The van der Waals surface area contributed by atoms with Crippen molar-refractivity contribution in [1.29, 1.82) is 0 Å². The molecule has 0 N–H and O–H groups in total. The maximum Gasteiger partial charge on any atom is 0.164 e. The van der Waals surface area contributed by atoms with Gasteiger partial charge in [0, 0.05) is 16.7 Å². The van der Waals surface area contributed by atoms with E-state index in [1.807, 2.05) is 18.2 Å². The molecule has 0 fully saturated rings. The van der Waals surface area contributed by atoms with Gasteiger partial charge in [0.25, 0.3) is 0 Å². The number of hydrogen-bond acceptors (Lipinski definition) is 7. The lowest BCUT2D eigenvalue weighted by Crippen LogP contribution is -2.01. The van der Waals surface area contributed by atoms with E-state index in [1.165, 1.54) is 10.8 Å². The van der Waals surface area contributed by atoms with Crippen LogP contribution in [-0.2, 0) is 0 Å². The predicted octanol–water partition coefficient (Wildman–Crippen LogP) is 8.22. The van der Waals surface area contributed by atoms with Gasteiger partial charge in [0.15, 0.2) is 17.5 Å². The molecule has 2 heterocycles. The lowest BCUT2D eigenvalue weighted by atomic mass is 9.98. The standard InChI is InChI=1S/C37H21N7/c1-3-9-24-19-31-26(17-22(24)7-1)11-5-13-29(31)36-38-35(28-15-16-33-34(21-28)42-44-43-41-33)39-37(40-36)30-14-6-12-27-18-23-8-2-4-10-25(23)20-32(27)30/h1-21H. The van der Waals surface area contributed by atoms with Gasteiger partial charge in [-0.1, -0.05) is 84.9 Å². The van der Waals surface area contributed by atoms with Crippen molar-refractivity contribution in [2.75, 3.05) is 0 Å². The molecule has 7 nitrogen and oxygen atoms in total. The molecule has 0 saturated carbocycles. The summed E-state index contributed by atoms with van der Waals surface area (Å²) in [6.07, 6.45) is 0. The quantitative estimate of drug-likeness (QED) is 0.200. The second kappa shape index (κ2) is 9.68. The van der Waals surface area contributed by atoms with Crippen LogP contribution in [-0.4, -0.2) is 35.6 Å². The third kappa shape index (κ3) is 4.02. The first kappa shape index (κ1) is 24.4. The molecule has 0 saturated heterocycles. The first-order valence-electron chi connectivity index (χ1n) is 14.3. The van der Waals surface area contributed by atoms with Crippen molar-refractivity contribution in [2.45, 2.75) is 0 Å². The first-order chi connectivity index (χ1) is 21.8. The number of aromatic nitrogens is 7. The lowest BCUT2D eigenvalue weighted by Gasteiger charge is -2.13. The van der Waals surface area contributed by atoms with Crippen molar-refractivity contribution in [3.05, 3.63) is 127 Å². The molecular weight excluding hydrogens is 542 g/mol. The molecule has 0 aliphatic rings. The van der Waals surface area contributed by atoms with Crippen LogP contribution >= 0.6 is 0 Å². The minimum absolute atomic E-state index is 0.543. The van der Waals surface area contributed by atoms with E-state index < -0.39 is 0 Å². The smallest absolute Gasteiger partial charge is 0.164 e. The van der Waals surface area contributed by atoms with Crippen molar-refractivity contribution in [1.82, 2.24) is 35.6 Å². The summed E-state index contributed by atoms with van der Waals surface area (Å²) in [5.41, 5.74) is 3.95. The van der Waals surface area contributed by atoms with Gasteiger partial charge in [0.05, 0.1) is 0 Å². The molecular formula is C37H21N7. The van der Waals surface area contributed by atoms with Gasteiger partial charge in [0.2, 0.25) is 0 Å². The Morgan fingerprint density at radius 2 is 0.818 bits per heavy atom. The Balaban J connectivity index is 1.33. The summed E-state index contributed by atoms with van der Waals surface area (Å²) in [5, 5.41) is 24.8. The summed E-state index contributed by atoms with van der Waals surface area (Å²) < 4.78 is 0. The summed E-state index contributed by atoms with van der Waals surface area (Å²) >= 11 is 0.